The second-order valence-corrected chi connectivity index (χ2v) is 9.86. The number of aliphatic carboxylic acids is 1. The predicted octanol–water partition coefficient (Wildman–Crippen LogP) is 4.78. The molecule has 8 heteroatoms. The summed E-state index contributed by atoms with van der Waals surface area (Å²) in [7, 11) is 1.47. The summed E-state index contributed by atoms with van der Waals surface area (Å²) in [5.74, 6) is 0.163. The largest absolute Gasteiger partial charge is 0.480 e. The van der Waals surface area contributed by atoms with Crippen LogP contribution in [0.4, 0.5) is 5.69 Å². The Kier molecular flexibility index (Phi) is 12.7. The van der Waals surface area contributed by atoms with E-state index in [1.807, 2.05) is 31.2 Å². The van der Waals surface area contributed by atoms with Gasteiger partial charge in [0.25, 0.3) is 5.56 Å². The molecule has 1 aliphatic rings. The average molecular weight is 514 g/mol. The normalized spacial score (nSPS) is 15.3. The number of nitrogens with one attached hydrogen (secondary N) is 2. The van der Waals surface area contributed by atoms with Gasteiger partial charge >= 0.3 is 5.97 Å². The van der Waals surface area contributed by atoms with Crippen molar-refractivity contribution in [2.24, 2.45) is 16.8 Å². The van der Waals surface area contributed by atoms with Crippen molar-refractivity contribution in [3.8, 4) is 0 Å². The Morgan fingerprint density at radius 3 is 2.46 bits per heavy atom. The van der Waals surface area contributed by atoms with Crippen LogP contribution < -0.4 is 10.9 Å². The first-order valence-corrected chi connectivity index (χ1v) is 13.1. The maximum atomic E-state index is 11.7. The molecular weight excluding hydrogens is 470 g/mol. The molecule has 3 N–H and O–H groups in total. The molecule has 0 bridgehead atoms. The molecule has 2 heterocycles. The predicted molar refractivity (Wildman–Crippen MR) is 148 cm³/mol. The lowest BCUT2D eigenvalue weighted by atomic mass is 9.98. The Morgan fingerprint density at radius 1 is 1.22 bits per heavy atom. The van der Waals surface area contributed by atoms with Gasteiger partial charge in [-0.05, 0) is 61.8 Å². The number of ether oxygens (including phenoxy) is 2. The minimum Gasteiger partial charge on any atom is -0.480 e. The summed E-state index contributed by atoms with van der Waals surface area (Å²) in [6.45, 7) is 12.6. The maximum Gasteiger partial charge on any atom is 0.323 e. The molecule has 3 rings (SSSR count). The number of carboxylic acids is 1. The van der Waals surface area contributed by atoms with E-state index in [2.05, 4.69) is 31.1 Å². The Labute approximate surface area is 220 Å². The number of carboxylic acid groups (broad SMARTS) is 1. The molecule has 0 radical (unpaired) electrons. The number of hydrogen-bond acceptors (Lipinski definition) is 6. The lowest BCUT2D eigenvalue weighted by Crippen LogP contribution is -2.39. The van der Waals surface area contributed by atoms with Crippen LogP contribution in [0, 0.1) is 25.7 Å². The minimum atomic E-state index is -0.951. The molecule has 1 aromatic carbocycles. The molecular formula is C29H43N3O5. The quantitative estimate of drug-likeness (QED) is 0.394. The topological polar surface area (TPSA) is 113 Å². The monoisotopic (exact) mass is 513 g/mol. The molecule has 0 amide bonds. The van der Waals surface area contributed by atoms with Gasteiger partial charge in [0.1, 0.15) is 6.04 Å². The van der Waals surface area contributed by atoms with E-state index in [1.165, 1.54) is 26.4 Å². The molecule has 204 valence electrons. The Balaban J connectivity index is 0.000000510. The Hall–Kier alpha value is -2.81. The van der Waals surface area contributed by atoms with E-state index in [0.717, 1.165) is 47.2 Å². The minimum absolute atomic E-state index is 0.0925. The summed E-state index contributed by atoms with van der Waals surface area (Å²) in [5.41, 5.74) is 5.05. The van der Waals surface area contributed by atoms with Crippen molar-refractivity contribution >= 4 is 17.4 Å². The van der Waals surface area contributed by atoms with Crippen molar-refractivity contribution in [2.75, 3.05) is 26.9 Å². The van der Waals surface area contributed by atoms with Crippen molar-refractivity contribution in [3.05, 3.63) is 63.1 Å². The first kappa shape index (κ1) is 30.4. The van der Waals surface area contributed by atoms with Crippen molar-refractivity contribution in [1.82, 2.24) is 10.3 Å². The summed E-state index contributed by atoms with van der Waals surface area (Å²) >= 11 is 0. The molecule has 2 aromatic rings. The van der Waals surface area contributed by atoms with Crippen molar-refractivity contribution in [2.45, 2.75) is 66.5 Å². The second kappa shape index (κ2) is 15.4. The van der Waals surface area contributed by atoms with Crippen LogP contribution in [-0.2, 0) is 20.8 Å². The number of rotatable bonds is 10. The SMILES string of the molecule is CCC1CCOCC1.COCC(NCc1ccc(C)c(N=C(c2c[nH]c(=O)c(C)c2)C(C)C)c1)C(=O)O. The van der Waals surface area contributed by atoms with Crippen LogP contribution in [0.5, 0.6) is 0 Å². The van der Waals surface area contributed by atoms with Gasteiger partial charge in [-0.15, -0.1) is 0 Å². The molecule has 1 aromatic heterocycles. The molecule has 0 saturated carbocycles. The third-order valence-corrected chi connectivity index (χ3v) is 6.55. The number of aromatic nitrogens is 1. The van der Waals surface area contributed by atoms with Gasteiger partial charge in [-0.25, -0.2) is 0 Å². The maximum absolute atomic E-state index is 11.7. The molecule has 1 unspecified atom stereocenters. The first-order chi connectivity index (χ1) is 17.7. The average Bonchev–Trinajstić information content (AvgIpc) is 2.88. The van der Waals surface area contributed by atoms with Crippen LogP contribution in [0.1, 0.15) is 62.3 Å². The summed E-state index contributed by atoms with van der Waals surface area (Å²) in [5, 5.41) is 12.2. The van der Waals surface area contributed by atoms with Gasteiger partial charge in [-0.1, -0.05) is 39.3 Å². The van der Waals surface area contributed by atoms with Gasteiger partial charge in [0, 0.05) is 44.2 Å². The van der Waals surface area contributed by atoms with Crippen LogP contribution in [0.2, 0.25) is 0 Å². The summed E-state index contributed by atoms with van der Waals surface area (Å²) in [4.78, 5) is 30.6. The van der Waals surface area contributed by atoms with Gasteiger partial charge in [0.2, 0.25) is 0 Å². The lowest BCUT2D eigenvalue weighted by molar-refractivity contribution is -0.140. The van der Waals surface area contributed by atoms with Crippen molar-refractivity contribution in [1.29, 1.82) is 0 Å². The second-order valence-electron chi connectivity index (χ2n) is 9.86. The van der Waals surface area contributed by atoms with Gasteiger partial charge in [-0.2, -0.15) is 0 Å². The van der Waals surface area contributed by atoms with E-state index in [1.54, 1.807) is 13.1 Å². The van der Waals surface area contributed by atoms with E-state index >= 15 is 0 Å². The summed E-state index contributed by atoms with van der Waals surface area (Å²) in [6.07, 6.45) is 5.60. The van der Waals surface area contributed by atoms with E-state index < -0.39 is 12.0 Å². The Morgan fingerprint density at radius 2 is 1.92 bits per heavy atom. The molecule has 0 aliphatic carbocycles. The van der Waals surface area contributed by atoms with Gasteiger partial charge in [-0.3, -0.25) is 19.9 Å². The highest BCUT2D eigenvalue weighted by atomic mass is 16.5. The van der Waals surface area contributed by atoms with Crippen LogP contribution in [-0.4, -0.2) is 54.7 Å². The van der Waals surface area contributed by atoms with Gasteiger partial charge in [0.05, 0.1) is 18.0 Å². The number of aryl methyl sites for hydroxylation is 2. The molecule has 1 fully saturated rings. The van der Waals surface area contributed by atoms with Crippen LogP contribution >= 0.6 is 0 Å². The van der Waals surface area contributed by atoms with E-state index in [0.29, 0.717) is 12.1 Å². The summed E-state index contributed by atoms with van der Waals surface area (Å²) in [6, 6.07) is 6.95. The molecule has 0 spiro atoms. The summed E-state index contributed by atoms with van der Waals surface area (Å²) < 4.78 is 10.2. The number of aromatic amines is 1. The zero-order valence-electron chi connectivity index (χ0n) is 23.1. The standard InChI is InChI=1S/C22H29N3O4.C7H14O/c1-13(2)20(17-8-15(4)21(26)24-11-17)25-18-9-16(7-6-14(18)3)10-23-19(12-29-5)22(27)28;1-2-7-3-5-8-6-4-7/h6-9,11,13,19,23H,10,12H2,1-5H3,(H,24,26)(H,27,28);7H,2-6H2,1H3. The first-order valence-electron chi connectivity index (χ1n) is 13.1. The highest BCUT2D eigenvalue weighted by Gasteiger charge is 2.17. The van der Waals surface area contributed by atoms with Crippen LogP contribution in [0.15, 0.2) is 40.2 Å². The Bertz CT molecular complexity index is 1090. The molecule has 1 saturated heterocycles. The highest BCUT2D eigenvalue weighted by Crippen LogP contribution is 2.24. The molecule has 1 aliphatic heterocycles. The highest BCUT2D eigenvalue weighted by molar-refractivity contribution is 6.03. The zero-order chi connectivity index (χ0) is 27.4. The fraction of sp³-hybridized carbons (Fsp3) is 0.552. The number of methoxy groups -OCH3 is 1. The van der Waals surface area contributed by atoms with Crippen LogP contribution in [0.25, 0.3) is 0 Å². The number of carbonyl (C=O) groups is 1. The fourth-order valence-corrected chi connectivity index (χ4v) is 4.07. The van der Waals surface area contributed by atoms with Crippen molar-refractivity contribution in [3.63, 3.8) is 0 Å². The third-order valence-electron chi connectivity index (χ3n) is 6.55. The van der Waals surface area contributed by atoms with Gasteiger partial charge in [0.15, 0.2) is 0 Å². The molecule has 8 nitrogen and oxygen atoms in total. The van der Waals surface area contributed by atoms with Gasteiger partial charge < -0.3 is 19.6 Å². The lowest BCUT2D eigenvalue weighted by Gasteiger charge is -2.19. The molecule has 1 atom stereocenters. The van der Waals surface area contributed by atoms with E-state index in [-0.39, 0.29) is 18.1 Å². The van der Waals surface area contributed by atoms with Crippen LogP contribution in [0.3, 0.4) is 0 Å². The number of H-pyrrole nitrogens is 1. The van der Waals surface area contributed by atoms with E-state index in [4.69, 9.17) is 14.5 Å². The zero-order valence-corrected chi connectivity index (χ0v) is 23.1. The van der Waals surface area contributed by atoms with Crippen molar-refractivity contribution < 1.29 is 19.4 Å². The fourth-order valence-electron chi connectivity index (χ4n) is 4.07. The number of pyridine rings is 1. The number of nitrogens with zero attached hydrogens (tertiary/aromatic N) is 1. The smallest absolute Gasteiger partial charge is 0.323 e. The number of benzene rings is 1. The number of aliphatic imine (C=N–C) groups is 1. The molecule has 37 heavy (non-hydrogen) atoms. The van der Waals surface area contributed by atoms with E-state index in [9.17, 15) is 14.7 Å². The third kappa shape index (κ3) is 9.87. The number of hydrogen-bond donors (Lipinski definition) is 3.